The number of thioether (sulfide) groups is 1. The number of anilines is 2. The number of hydrogen-bond acceptors (Lipinski definition) is 5. The Morgan fingerprint density at radius 3 is 2.83 bits per heavy atom. The third kappa shape index (κ3) is 2.59. The molecule has 0 bridgehead atoms. The van der Waals surface area contributed by atoms with Crippen LogP contribution in [0.5, 0.6) is 5.75 Å². The number of amides is 1. The summed E-state index contributed by atoms with van der Waals surface area (Å²) in [6.45, 7) is 4.10. The number of nitrogens with zero attached hydrogens (tertiary/aromatic N) is 2. The highest BCUT2D eigenvalue weighted by Gasteiger charge is 2.46. The van der Waals surface area contributed by atoms with Crippen molar-refractivity contribution in [2.75, 3.05) is 41.0 Å². The summed E-state index contributed by atoms with van der Waals surface area (Å²) in [5, 5.41) is 0. The van der Waals surface area contributed by atoms with Crippen LogP contribution in [-0.2, 0) is 4.74 Å². The molecule has 0 unspecified atom stereocenters. The average Bonchev–Trinajstić information content (AvgIpc) is 2.92. The molecule has 1 aromatic carbocycles. The van der Waals surface area contributed by atoms with E-state index in [1.54, 1.807) is 11.0 Å². The lowest BCUT2D eigenvalue weighted by Gasteiger charge is -2.34. The van der Waals surface area contributed by atoms with Gasteiger partial charge in [0.05, 0.1) is 11.4 Å². The first-order chi connectivity index (χ1) is 11.7. The number of carbonyl (C=O) groups excluding carboxylic acids is 1. The lowest BCUT2D eigenvalue weighted by molar-refractivity contribution is 0.115. The molecule has 0 saturated carbocycles. The van der Waals surface area contributed by atoms with Crippen molar-refractivity contribution in [2.45, 2.75) is 31.9 Å². The molecule has 0 N–H and O–H groups in total. The zero-order valence-corrected chi connectivity index (χ0v) is 14.5. The predicted octanol–water partition coefficient (Wildman–Crippen LogP) is 3.27. The summed E-state index contributed by atoms with van der Waals surface area (Å²) in [5.74, 6) is 2.25. The van der Waals surface area contributed by atoms with E-state index < -0.39 is 6.09 Å². The van der Waals surface area contributed by atoms with Crippen LogP contribution in [0.25, 0.3) is 0 Å². The van der Waals surface area contributed by atoms with Crippen LogP contribution in [0.3, 0.4) is 0 Å². The van der Waals surface area contributed by atoms with Crippen LogP contribution in [0.2, 0.25) is 0 Å². The molecule has 7 heteroatoms. The smallest absolute Gasteiger partial charge is 0.415 e. The first-order valence-electron chi connectivity index (χ1n) is 8.48. The van der Waals surface area contributed by atoms with Crippen molar-refractivity contribution < 1.29 is 18.7 Å². The van der Waals surface area contributed by atoms with Gasteiger partial charge in [-0.3, -0.25) is 4.90 Å². The van der Waals surface area contributed by atoms with Crippen LogP contribution in [-0.4, -0.2) is 49.4 Å². The monoisotopic (exact) mass is 352 g/mol. The van der Waals surface area contributed by atoms with Crippen LogP contribution in [0.1, 0.15) is 19.8 Å². The predicted molar refractivity (Wildman–Crippen MR) is 92.9 cm³/mol. The molecule has 1 amide bonds. The molecule has 0 spiro atoms. The molecule has 2 fully saturated rings. The van der Waals surface area contributed by atoms with Crippen LogP contribution < -0.4 is 14.5 Å². The van der Waals surface area contributed by atoms with Crippen LogP contribution in [0, 0.1) is 5.82 Å². The molecule has 3 aliphatic heterocycles. The standard InChI is InChI=1S/C17H21FN2O3S/c1-2-3-15-14-10-22-16-9-12(19-4-6-24-7-5-19)11(18)8-13(16)20(14)17(21)23-15/h8-9,14-15H,2-7,10H2,1H3/t14-,15-/m0/s1. The summed E-state index contributed by atoms with van der Waals surface area (Å²) in [7, 11) is 0. The first-order valence-corrected chi connectivity index (χ1v) is 9.63. The van der Waals surface area contributed by atoms with Gasteiger partial charge >= 0.3 is 6.09 Å². The minimum absolute atomic E-state index is 0.165. The molecule has 130 valence electrons. The molecule has 5 nitrogen and oxygen atoms in total. The van der Waals surface area contributed by atoms with Gasteiger partial charge in [0.2, 0.25) is 0 Å². The summed E-state index contributed by atoms with van der Waals surface area (Å²) >= 11 is 1.88. The topological polar surface area (TPSA) is 42.0 Å². The second-order valence-corrected chi connectivity index (χ2v) is 7.55. The first kappa shape index (κ1) is 15.9. The van der Waals surface area contributed by atoms with Crippen molar-refractivity contribution in [3.05, 3.63) is 17.9 Å². The van der Waals surface area contributed by atoms with Gasteiger partial charge in [0.25, 0.3) is 0 Å². The van der Waals surface area contributed by atoms with E-state index in [2.05, 4.69) is 6.92 Å². The minimum atomic E-state index is -0.399. The van der Waals surface area contributed by atoms with Gasteiger partial charge in [-0.15, -0.1) is 0 Å². The normalized spacial score (nSPS) is 25.8. The van der Waals surface area contributed by atoms with Crippen molar-refractivity contribution in [2.24, 2.45) is 0 Å². The number of carbonyl (C=O) groups is 1. The highest BCUT2D eigenvalue weighted by Crippen LogP contribution is 2.43. The van der Waals surface area contributed by atoms with Crippen molar-refractivity contribution in [1.29, 1.82) is 0 Å². The second-order valence-electron chi connectivity index (χ2n) is 6.33. The Bertz CT molecular complexity index is 651. The summed E-state index contributed by atoms with van der Waals surface area (Å²) in [6.07, 6.45) is 1.13. The molecule has 0 aliphatic carbocycles. The van der Waals surface area contributed by atoms with Gasteiger partial charge in [-0.05, 0) is 6.42 Å². The second kappa shape index (κ2) is 6.35. The zero-order chi connectivity index (χ0) is 16.7. The van der Waals surface area contributed by atoms with Crippen molar-refractivity contribution >= 4 is 29.2 Å². The highest BCUT2D eigenvalue weighted by molar-refractivity contribution is 7.99. The van der Waals surface area contributed by atoms with Gasteiger partial charge < -0.3 is 14.4 Å². The Kier molecular flexibility index (Phi) is 4.20. The maximum atomic E-state index is 14.7. The molecule has 4 rings (SSSR count). The number of benzene rings is 1. The van der Waals surface area contributed by atoms with Gasteiger partial charge in [-0.25, -0.2) is 9.18 Å². The summed E-state index contributed by atoms with van der Waals surface area (Å²) in [6, 6.07) is 2.99. The molecular weight excluding hydrogens is 331 g/mol. The number of ether oxygens (including phenoxy) is 2. The van der Waals surface area contributed by atoms with Crippen LogP contribution >= 0.6 is 11.8 Å². The highest BCUT2D eigenvalue weighted by atomic mass is 32.2. The fraction of sp³-hybridized carbons (Fsp3) is 0.588. The molecule has 2 atom stereocenters. The van der Waals surface area contributed by atoms with Gasteiger partial charge in [0, 0.05) is 36.7 Å². The van der Waals surface area contributed by atoms with Crippen LogP contribution in [0.4, 0.5) is 20.6 Å². The van der Waals surface area contributed by atoms with E-state index in [9.17, 15) is 9.18 Å². The Balaban J connectivity index is 1.66. The maximum absolute atomic E-state index is 14.7. The summed E-state index contributed by atoms with van der Waals surface area (Å²) in [5.41, 5.74) is 1.05. The lowest BCUT2D eigenvalue weighted by atomic mass is 10.0. The Morgan fingerprint density at radius 1 is 1.29 bits per heavy atom. The molecule has 2 saturated heterocycles. The Labute approximate surface area is 145 Å². The molecule has 0 radical (unpaired) electrons. The number of rotatable bonds is 3. The van der Waals surface area contributed by atoms with E-state index in [-0.39, 0.29) is 18.0 Å². The van der Waals surface area contributed by atoms with Gasteiger partial charge in [-0.2, -0.15) is 11.8 Å². The van der Waals surface area contributed by atoms with Gasteiger partial charge in [0.1, 0.15) is 30.3 Å². The van der Waals surface area contributed by atoms with E-state index in [0.717, 1.165) is 37.4 Å². The zero-order valence-electron chi connectivity index (χ0n) is 13.7. The summed E-state index contributed by atoms with van der Waals surface area (Å²) < 4.78 is 26.0. The average molecular weight is 352 g/mol. The lowest BCUT2D eigenvalue weighted by Crippen LogP contribution is -2.44. The largest absolute Gasteiger partial charge is 0.489 e. The molecule has 24 heavy (non-hydrogen) atoms. The van der Waals surface area contributed by atoms with E-state index in [4.69, 9.17) is 9.47 Å². The third-order valence-corrected chi connectivity index (χ3v) is 5.77. The SMILES string of the molecule is CCC[C@@H]1OC(=O)N2c3cc(F)c(N4CCSCC4)cc3OC[C@@H]12. The number of hydrogen-bond donors (Lipinski definition) is 0. The Morgan fingerprint density at radius 2 is 2.08 bits per heavy atom. The van der Waals surface area contributed by atoms with Crippen molar-refractivity contribution in [1.82, 2.24) is 0 Å². The fourth-order valence-electron chi connectivity index (χ4n) is 3.62. The van der Waals surface area contributed by atoms with Gasteiger partial charge in [0.15, 0.2) is 0 Å². The molecule has 1 aromatic rings. The summed E-state index contributed by atoms with van der Waals surface area (Å²) in [4.78, 5) is 15.9. The van der Waals surface area contributed by atoms with E-state index in [0.29, 0.717) is 23.7 Å². The molecule has 0 aromatic heterocycles. The quantitative estimate of drug-likeness (QED) is 0.835. The van der Waals surface area contributed by atoms with Crippen LogP contribution in [0.15, 0.2) is 12.1 Å². The van der Waals surface area contributed by atoms with E-state index in [1.165, 1.54) is 6.07 Å². The maximum Gasteiger partial charge on any atom is 0.415 e. The molecule has 3 aliphatic rings. The number of halogens is 1. The van der Waals surface area contributed by atoms with Crippen molar-refractivity contribution in [3.8, 4) is 5.75 Å². The third-order valence-electron chi connectivity index (χ3n) is 4.83. The number of fused-ring (bicyclic) bond motifs is 3. The van der Waals surface area contributed by atoms with E-state index >= 15 is 0 Å². The molecular formula is C17H21FN2O3S. The van der Waals surface area contributed by atoms with Gasteiger partial charge in [-0.1, -0.05) is 13.3 Å². The fourth-order valence-corrected chi connectivity index (χ4v) is 4.52. The Hall–Kier alpha value is -1.63. The number of cyclic esters (lactones) is 1. The molecule has 3 heterocycles. The van der Waals surface area contributed by atoms with E-state index in [1.807, 2.05) is 16.7 Å². The van der Waals surface area contributed by atoms with Crippen molar-refractivity contribution in [3.63, 3.8) is 0 Å². The minimum Gasteiger partial charge on any atom is -0.489 e.